The number of benzene rings is 2. The maximum Gasteiger partial charge on any atom is 0.420 e. The first-order valence-corrected chi connectivity index (χ1v) is 24.0. The van der Waals surface area contributed by atoms with Crippen molar-refractivity contribution < 1.29 is 59.0 Å². The highest BCUT2D eigenvalue weighted by Crippen LogP contribution is 2.44. The molecule has 1 N–H and O–H groups in total. The fourth-order valence-corrected chi connectivity index (χ4v) is 10.0. The van der Waals surface area contributed by atoms with E-state index in [1.54, 1.807) is 10.4 Å². The van der Waals surface area contributed by atoms with E-state index in [1.165, 1.54) is 37.3 Å². The normalized spacial score (nSPS) is 16.6. The molecule has 2 aliphatic rings. The molecule has 2 aromatic carbocycles. The molecule has 73 heavy (non-hydrogen) atoms. The lowest BCUT2D eigenvalue weighted by molar-refractivity contribution is -0.141. The van der Waals surface area contributed by atoms with E-state index in [-0.39, 0.29) is 43.2 Å². The van der Waals surface area contributed by atoms with Gasteiger partial charge in [0.2, 0.25) is 11.8 Å². The number of halogens is 8. The molecule has 3 aromatic heterocycles. The minimum atomic E-state index is -5.33. The number of nitrogens with one attached hydrogen (secondary N) is 1. The highest BCUT2D eigenvalue weighted by atomic mass is 32.1. The van der Waals surface area contributed by atoms with Gasteiger partial charge in [-0.1, -0.05) is 20.8 Å². The number of nitriles is 1. The van der Waals surface area contributed by atoms with Crippen molar-refractivity contribution in [1.82, 2.24) is 29.7 Å². The molecule has 388 valence electrons. The number of aromatic nitrogens is 4. The number of imidazole rings is 1. The van der Waals surface area contributed by atoms with Crippen LogP contribution in [0.5, 0.6) is 5.75 Å². The molecule has 0 radical (unpaired) electrons. The van der Waals surface area contributed by atoms with E-state index in [4.69, 9.17) is 31.9 Å². The standard InChI is InChI=1S/C49H49F8N9O5S2/c1-26-40(73-25-60-26)33-23-63(7)42(61-33)35-11-10-16-64(35)43(68)41(46(2,3)4)62-36(67)24-70-17-8-9-18-71-29-13-14-30(31(20-29)48(52,53)54)39-32(50)19-28(22-59-39)66-45(72)65(44(69)47(66,5)6)34-15-12-27(21-58)37(38(34)51)49(55,56)57/h12-15,19-20,22-23,25,35,41H,8-11,16-18,24H2,1-7H3,(H,62,67)/t35-,41+/m0/s1. The summed E-state index contributed by atoms with van der Waals surface area (Å²) in [5.74, 6) is -4.49. The summed E-state index contributed by atoms with van der Waals surface area (Å²) in [7, 11) is 1.89. The van der Waals surface area contributed by atoms with Crippen molar-refractivity contribution in [2.45, 2.75) is 97.2 Å². The topological polar surface area (TPSA) is 159 Å². The molecule has 14 nitrogen and oxygen atoms in total. The Bertz CT molecular complexity index is 3000. The molecule has 0 aliphatic carbocycles. The lowest BCUT2D eigenvalue weighted by Crippen LogP contribution is -2.55. The monoisotopic (exact) mass is 1060 g/mol. The van der Waals surface area contributed by atoms with Gasteiger partial charge in [0.15, 0.2) is 16.7 Å². The number of rotatable bonds is 15. The van der Waals surface area contributed by atoms with Crippen molar-refractivity contribution in [3.63, 3.8) is 0 Å². The van der Waals surface area contributed by atoms with E-state index in [0.29, 0.717) is 42.8 Å². The first kappa shape index (κ1) is 54.2. The van der Waals surface area contributed by atoms with Gasteiger partial charge in [-0.2, -0.15) is 31.6 Å². The zero-order valence-electron chi connectivity index (χ0n) is 40.5. The van der Waals surface area contributed by atoms with Crippen molar-refractivity contribution >= 4 is 57.8 Å². The van der Waals surface area contributed by atoms with Gasteiger partial charge in [0.05, 0.1) is 63.5 Å². The molecule has 2 fully saturated rings. The number of hydrogen-bond acceptors (Lipinski definition) is 11. The first-order valence-electron chi connectivity index (χ1n) is 22.8. The summed E-state index contributed by atoms with van der Waals surface area (Å²) in [4.78, 5) is 58.2. The Morgan fingerprint density at radius 2 is 1.74 bits per heavy atom. The largest absolute Gasteiger partial charge is 0.494 e. The van der Waals surface area contributed by atoms with Gasteiger partial charge in [0.1, 0.15) is 46.7 Å². The number of unbranched alkanes of at least 4 members (excludes halogenated alkanes) is 1. The fraction of sp³-hybridized carbons (Fsp3) is 0.429. The van der Waals surface area contributed by atoms with Crippen LogP contribution in [0.2, 0.25) is 0 Å². The number of pyridine rings is 1. The second-order valence-corrected chi connectivity index (χ2v) is 20.2. The number of nitrogens with zero attached hydrogens (tertiary/aromatic N) is 8. The number of carbonyl (C=O) groups is 3. The number of alkyl halides is 6. The third-order valence-corrected chi connectivity index (χ3v) is 13.7. The number of hydrogen-bond donors (Lipinski definition) is 1. The molecule has 0 bridgehead atoms. The van der Waals surface area contributed by atoms with Crippen LogP contribution in [-0.4, -0.2) is 85.2 Å². The Kier molecular flexibility index (Phi) is 15.4. The molecule has 5 heterocycles. The van der Waals surface area contributed by atoms with E-state index in [2.05, 4.69) is 15.3 Å². The Morgan fingerprint density at radius 1 is 1.03 bits per heavy atom. The van der Waals surface area contributed by atoms with Crippen molar-refractivity contribution in [3.8, 4) is 33.6 Å². The number of thiazole rings is 1. The Balaban J connectivity index is 0.941. The molecule has 24 heteroatoms. The summed E-state index contributed by atoms with van der Waals surface area (Å²) in [5.41, 5.74) is -5.96. The SMILES string of the molecule is Cc1ncsc1-c1cn(C)c([C@@H]2CCCN2C(=O)[C@@H](NC(=O)COCCCCOc2ccc(-c3ncc(N4C(=S)N(c5ccc(C#N)c(C(F)(F)F)c5F)C(=O)C4(C)C)cc3F)c(C(F)(F)F)c2)C(C)(C)C)n1. The summed E-state index contributed by atoms with van der Waals surface area (Å²) < 4.78 is 129. The molecule has 2 aliphatic heterocycles. The van der Waals surface area contributed by atoms with Crippen LogP contribution in [0.25, 0.3) is 21.8 Å². The number of anilines is 2. The van der Waals surface area contributed by atoms with E-state index in [0.717, 1.165) is 57.8 Å². The van der Waals surface area contributed by atoms with Gasteiger partial charge in [-0.3, -0.25) is 24.3 Å². The maximum atomic E-state index is 15.9. The minimum absolute atomic E-state index is 0.0580. The van der Waals surface area contributed by atoms with Crippen molar-refractivity contribution in [1.29, 1.82) is 5.26 Å². The van der Waals surface area contributed by atoms with E-state index >= 15 is 8.78 Å². The number of ether oxygens (including phenoxy) is 2. The molecule has 0 saturated carbocycles. The number of carbonyl (C=O) groups excluding carboxylic acids is 3. The van der Waals surface area contributed by atoms with Crippen LogP contribution < -0.4 is 19.9 Å². The molecule has 7 rings (SSSR count). The predicted molar refractivity (Wildman–Crippen MR) is 257 cm³/mol. The van der Waals surface area contributed by atoms with Crippen LogP contribution >= 0.6 is 23.6 Å². The lowest BCUT2D eigenvalue weighted by Gasteiger charge is -2.35. The fourth-order valence-electron chi connectivity index (χ4n) is 8.78. The van der Waals surface area contributed by atoms with Gasteiger partial charge in [0, 0.05) is 38.0 Å². The average molecular weight is 1060 g/mol. The van der Waals surface area contributed by atoms with Gasteiger partial charge in [-0.15, -0.1) is 11.3 Å². The highest BCUT2D eigenvalue weighted by Gasteiger charge is 2.52. The number of aryl methyl sites for hydroxylation is 2. The summed E-state index contributed by atoms with van der Waals surface area (Å²) >= 11 is 6.87. The quantitative estimate of drug-likeness (QED) is 0.0604. The molecule has 5 aromatic rings. The average Bonchev–Trinajstić information content (AvgIpc) is 4.09. The zero-order valence-corrected chi connectivity index (χ0v) is 42.1. The van der Waals surface area contributed by atoms with E-state index in [1.807, 2.05) is 45.5 Å². The van der Waals surface area contributed by atoms with Gasteiger partial charge in [-0.05, 0) is 94.4 Å². The third-order valence-electron chi connectivity index (χ3n) is 12.4. The van der Waals surface area contributed by atoms with Crippen molar-refractivity contribution in [2.75, 3.05) is 36.2 Å². The van der Waals surface area contributed by atoms with Crippen LogP contribution in [-0.2, 0) is 38.5 Å². The van der Waals surface area contributed by atoms with Crippen molar-refractivity contribution in [3.05, 3.63) is 94.1 Å². The van der Waals surface area contributed by atoms with Crippen LogP contribution in [0.3, 0.4) is 0 Å². The van der Waals surface area contributed by atoms with Crippen LogP contribution in [0.1, 0.15) is 94.6 Å². The Labute approximate surface area is 423 Å². The van der Waals surface area contributed by atoms with E-state index in [9.17, 15) is 40.7 Å². The Morgan fingerprint density at radius 3 is 2.37 bits per heavy atom. The van der Waals surface area contributed by atoms with Gasteiger partial charge < -0.3 is 29.2 Å². The number of thiocarbonyl (C=S) groups is 1. The molecular weight excluding hydrogens is 1010 g/mol. The maximum absolute atomic E-state index is 15.9. The predicted octanol–water partition coefficient (Wildman–Crippen LogP) is 10.1. The second-order valence-electron chi connectivity index (χ2n) is 19.0. The second kappa shape index (κ2) is 20.7. The molecule has 2 atom stereocenters. The first-order chi connectivity index (χ1) is 34.2. The van der Waals surface area contributed by atoms with Gasteiger partial charge in [0.25, 0.3) is 5.91 Å². The van der Waals surface area contributed by atoms with Crippen LogP contribution in [0.4, 0.5) is 46.5 Å². The number of amides is 3. The van der Waals surface area contributed by atoms with Gasteiger partial charge >= 0.3 is 12.4 Å². The minimum Gasteiger partial charge on any atom is -0.494 e. The molecule has 0 spiro atoms. The van der Waals surface area contributed by atoms with E-state index < -0.39 is 91.5 Å². The van der Waals surface area contributed by atoms with Crippen LogP contribution in [0.15, 0.2) is 54.3 Å². The summed E-state index contributed by atoms with van der Waals surface area (Å²) in [6.45, 7) is 10.2. The smallest absolute Gasteiger partial charge is 0.420 e. The summed E-state index contributed by atoms with van der Waals surface area (Å²) in [5, 5.41) is 11.4. The zero-order chi connectivity index (χ0) is 53.5. The summed E-state index contributed by atoms with van der Waals surface area (Å²) in [6.07, 6.45) is -5.41. The molecule has 2 saturated heterocycles. The molecular formula is C49H49F8N9O5S2. The Hall–Kier alpha value is -6.58. The van der Waals surface area contributed by atoms with Gasteiger partial charge in [-0.25, -0.2) is 18.7 Å². The van der Waals surface area contributed by atoms with Crippen molar-refractivity contribution in [2.24, 2.45) is 12.5 Å². The third kappa shape index (κ3) is 11.0. The summed E-state index contributed by atoms with van der Waals surface area (Å²) in [6, 6.07) is 5.09. The highest BCUT2D eigenvalue weighted by molar-refractivity contribution is 7.81. The molecule has 3 amide bonds. The molecule has 0 unspecified atom stereocenters. The van der Waals surface area contributed by atoms with Crippen LogP contribution in [0, 0.1) is 35.3 Å². The lowest BCUT2D eigenvalue weighted by atomic mass is 9.85. The number of likely N-dealkylation sites (tertiary alicyclic amines) is 1.